The molecule has 0 spiro atoms. The van der Waals surface area contributed by atoms with Crippen LogP contribution in [0.3, 0.4) is 0 Å². The van der Waals surface area contributed by atoms with Crippen LogP contribution in [-0.4, -0.2) is 17.7 Å². The molecule has 0 saturated carbocycles. The molecular weight excluding hydrogens is 225 g/mol. The lowest BCUT2D eigenvalue weighted by Gasteiger charge is -2.08. The van der Waals surface area contributed by atoms with E-state index in [9.17, 15) is 18.0 Å². The molecular formula is C10H9F3OS. The molecule has 0 heterocycles. The third-order valence-electron chi connectivity index (χ3n) is 1.66. The van der Waals surface area contributed by atoms with Crippen LogP contribution in [0.15, 0.2) is 29.2 Å². The summed E-state index contributed by atoms with van der Waals surface area (Å²) in [6.07, 6.45) is -4.21. The fourth-order valence-electron chi connectivity index (χ4n) is 1.04. The van der Waals surface area contributed by atoms with Gasteiger partial charge in [0.1, 0.15) is 0 Å². The Hall–Kier alpha value is -0.970. The number of hydrogen-bond donors (Lipinski definition) is 0. The summed E-state index contributed by atoms with van der Waals surface area (Å²) in [6.45, 7) is 1.34. The molecule has 0 saturated heterocycles. The SMILES string of the molecule is CC(=O)c1ccccc1SCC(F)(F)F. The smallest absolute Gasteiger partial charge is 0.294 e. The molecule has 1 nitrogen and oxygen atoms in total. The maximum atomic E-state index is 12.0. The second kappa shape index (κ2) is 4.70. The summed E-state index contributed by atoms with van der Waals surface area (Å²) in [6, 6.07) is 6.30. The fraction of sp³-hybridized carbons (Fsp3) is 0.300. The molecule has 0 aliphatic rings. The van der Waals surface area contributed by atoms with Gasteiger partial charge in [-0.3, -0.25) is 4.79 Å². The molecule has 15 heavy (non-hydrogen) atoms. The number of halogens is 3. The largest absolute Gasteiger partial charge is 0.398 e. The molecule has 0 aromatic heterocycles. The van der Waals surface area contributed by atoms with Crippen LogP contribution in [0.25, 0.3) is 0 Å². The van der Waals surface area contributed by atoms with Gasteiger partial charge in [-0.1, -0.05) is 18.2 Å². The van der Waals surface area contributed by atoms with E-state index < -0.39 is 11.9 Å². The van der Waals surface area contributed by atoms with Crippen molar-refractivity contribution in [2.75, 3.05) is 5.75 Å². The molecule has 0 fully saturated rings. The van der Waals surface area contributed by atoms with Gasteiger partial charge in [0.2, 0.25) is 0 Å². The Kier molecular flexibility index (Phi) is 3.79. The lowest BCUT2D eigenvalue weighted by molar-refractivity contribution is -0.105. The molecule has 0 unspecified atom stereocenters. The number of ketones is 1. The van der Waals surface area contributed by atoms with Crippen LogP contribution in [0.2, 0.25) is 0 Å². The predicted octanol–water partition coefficient (Wildman–Crippen LogP) is 3.54. The Bertz CT molecular complexity index is 360. The van der Waals surface area contributed by atoms with Gasteiger partial charge in [0.25, 0.3) is 0 Å². The van der Waals surface area contributed by atoms with Crippen molar-refractivity contribution in [3.63, 3.8) is 0 Å². The molecule has 1 aromatic carbocycles. The average Bonchev–Trinajstić information content (AvgIpc) is 2.14. The van der Waals surface area contributed by atoms with E-state index in [1.54, 1.807) is 12.1 Å². The minimum Gasteiger partial charge on any atom is -0.294 e. The van der Waals surface area contributed by atoms with Crippen molar-refractivity contribution in [1.29, 1.82) is 0 Å². The Morgan fingerprint density at radius 1 is 1.33 bits per heavy atom. The highest BCUT2D eigenvalue weighted by Crippen LogP contribution is 2.29. The molecule has 1 rings (SSSR count). The average molecular weight is 234 g/mol. The monoisotopic (exact) mass is 234 g/mol. The predicted molar refractivity (Wildman–Crippen MR) is 53.2 cm³/mol. The van der Waals surface area contributed by atoms with Crippen LogP contribution >= 0.6 is 11.8 Å². The van der Waals surface area contributed by atoms with Crippen molar-refractivity contribution in [3.8, 4) is 0 Å². The zero-order chi connectivity index (χ0) is 11.5. The second-order valence-electron chi connectivity index (χ2n) is 2.96. The summed E-state index contributed by atoms with van der Waals surface area (Å²) < 4.78 is 35.9. The number of hydrogen-bond acceptors (Lipinski definition) is 2. The molecule has 5 heteroatoms. The Labute approximate surface area is 89.7 Å². The van der Waals surface area contributed by atoms with Crippen molar-refractivity contribution in [2.24, 2.45) is 0 Å². The number of thioether (sulfide) groups is 1. The summed E-state index contributed by atoms with van der Waals surface area (Å²) in [5, 5.41) is 0. The van der Waals surface area contributed by atoms with E-state index in [4.69, 9.17) is 0 Å². The van der Waals surface area contributed by atoms with E-state index in [1.165, 1.54) is 19.1 Å². The van der Waals surface area contributed by atoms with E-state index in [-0.39, 0.29) is 5.78 Å². The van der Waals surface area contributed by atoms with E-state index in [0.717, 1.165) is 0 Å². The minimum atomic E-state index is -4.21. The molecule has 0 aliphatic heterocycles. The minimum absolute atomic E-state index is 0.222. The number of rotatable bonds is 3. The Morgan fingerprint density at radius 2 is 1.93 bits per heavy atom. The lowest BCUT2D eigenvalue weighted by atomic mass is 10.1. The molecule has 0 radical (unpaired) electrons. The summed E-state index contributed by atoms with van der Waals surface area (Å²) in [7, 11) is 0. The highest BCUT2D eigenvalue weighted by Gasteiger charge is 2.27. The number of alkyl halides is 3. The Balaban J connectivity index is 2.81. The van der Waals surface area contributed by atoms with Gasteiger partial charge >= 0.3 is 6.18 Å². The van der Waals surface area contributed by atoms with Crippen LogP contribution in [0.4, 0.5) is 13.2 Å². The first-order valence-electron chi connectivity index (χ1n) is 4.19. The highest BCUT2D eigenvalue weighted by molar-refractivity contribution is 7.99. The maximum Gasteiger partial charge on any atom is 0.398 e. The van der Waals surface area contributed by atoms with Gasteiger partial charge in [-0.25, -0.2) is 0 Å². The molecule has 0 amide bonds. The number of carbonyl (C=O) groups is 1. The van der Waals surface area contributed by atoms with E-state index >= 15 is 0 Å². The first-order chi connectivity index (χ1) is 6.90. The number of Topliss-reactive ketones (excluding diaryl/α,β-unsaturated/α-hetero) is 1. The zero-order valence-electron chi connectivity index (χ0n) is 7.97. The molecule has 0 aliphatic carbocycles. The first-order valence-corrected chi connectivity index (χ1v) is 5.18. The molecule has 0 bridgehead atoms. The summed E-state index contributed by atoms with van der Waals surface area (Å²) in [4.78, 5) is 11.5. The van der Waals surface area contributed by atoms with Gasteiger partial charge in [0.05, 0.1) is 5.75 Å². The van der Waals surface area contributed by atoms with Gasteiger partial charge in [-0.2, -0.15) is 13.2 Å². The third-order valence-corrected chi connectivity index (χ3v) is 2.80. The number of benzene rings is 1. The van der Waals surface area contributed by atoms with Gasteiger partial charge in [-0.05, 0) is 13.0 Å². The van der Waals surface area contributed by atoms with Crippen molar-refractivity contribution in [1.82, 2.24) is 0 Å². The normalized spacial score (nSPS) is 11.5. The van der Waals surface area contributed by atoms with Gasteiger partial charge in [-0.15, -0.1) is 11.8 Å². The first kappa shape index (κ1) is 12.1. The quantitative estimate of drug-likeness (QED) is 0.587. The third kappa shape index (κ3) is 3.95. The van der Waals surface area contributed by atoms with Crippen LogP contribution in [0, 0.1) is 0 Å². The zero-order valence-corrected chi connectivity index (χ0v) is 8.78. The van der Waals surface area contributed by atoms with Crippen molar-refractivity contribution in [2.45, 2.75) is 18.0 Å². The Morgan fingerprint density at radius 3 is 2.47 bits per heavy atom. The van der Waals surface area contributed by atoms with Crippen molar-refractivity contribution in [3.05, 3.63) is 29.8 Å². The van der Waals surface area contributed by atoms with E-state index in [0.29, 0.717) is 22.2 Å². The van der Waals surface area contributed by atoms with Gasteiger partial charge in [0, 0.05) is 10.5 Å². The topological polar surface area (TPSA) is 17.1 Å². The summed E-state index contributed by atoms with van der Waals surface area (Å²) in [5.41, 5.74) is 0.340. The fourth-order valence-corrected chi connectivity index (χ4v) is 1.90. The second-order valence-corrected chi connectivity index (χ2v) is 3.97. The maximum absolute atomic E-state index is 12.0. The van der Waals surface area contributed by atoms with E-state index in [2.05, 4.69) is 0 Å². The highest BCUT2D eigenvalue weighted by atomic mass is 32.2. The van der Waals surface area contributed by atoms with Crippen LogP contribution in [0.5, 0.6) is 0 Å². The van der Waals surface area contributed by atoms with Gasteiger partial charge in [0.15, 0.2) is 5.78 Å². The molecule has 1 aromatic rings. The van der Waals surface area contributed by atoms with Crippen molar-refractivity contribution >= 4 is 17.5 Å². The summed E-state index contributed by atoms with van der Waals surface area (Å²) >= 11 is 0.636. The van der Waals surface area contributed by atoms with E-state index in [1.807, 2.05) is 0 Å². The van der Waals surface area contributed by atoms with Gasteiger partial charge < -0.3 is 0 Å². The van der Waals surface area contributed by atoms with Crippen LogP contribution < -0.4 is 0 Å². The molecule has 0 atom stereocenters. The van der Waals surface area contributed by atoms with Crippen LogP contribution in [0.1, 0.15) is 17.3 Å². The molecule has 82 valence electrons. The van der Waals surface area contributed by atoms with Crippen LogP contribution in [-0.2, 0) is 0 Å². The van der Waals surface area contributed by atoms with Crippen molar-refractivity contribution < 1.29 is 18.0 Å². The lowest BCUT2D eigenvalue weighted by Crippen LogP contribution is -2.11. The number of carbonyl (C=O) groups excluding carboxylic acids is 1. The standard InChI is InChI=1S/C10H9F3OS/c1-7(14)8-4-2-3-5-9(8)15-6-10(11,12)13/h2-5H,6H2,1H3. The molecule has 0 N–H and O–H groups in total. The summed E-state index contributed by atoms with van der Waals surface area (Å²) in [5.74, 6) is -1.20.